The Morgan fingerprint density at radius 3 is 2.50 bits per heavy atom. The lowest BCUT2D eigenvalue weighted by Gasteiger charge is -2.06. The quantitative estimate of drug-likeness (QED) is 0.832. The van der Waals surface area contributed by atoms with E-state index in [0.717, 1.165) is 0 Å². The zero-order chi connectivity index (χ0) is 12.5. The normalized spacial score (nSPS) is 11.5. The van der Waals surface area contributed by atoms with Crippen LogP contribution in [0.15, 0.2) is 15.7 Å². The fourth-order valence-corrected chi connectivity index (χ4v) is 2.07. The number of primary sulfonamides is 1. The lowest BCUT2D eigenvalue weighted by atomic mass is 10.2. The van der Waals surface area contributed by atoms with Crippen LogP contribution in [0.2, 0.25) is 0 Å². The predicted molar refractivity (Wildman–Crippen MR) is 53.0 cm³/mol. The van der Waals surface area contributed by atoms with Crippen LogP contribution in [0.5, 0.6) is 0 Å². The fraction of sp³-hybridized carbons (Fsp3) is 0.143. The van der Waals surface area contributed by atoms with Crippen LogP contribution >= 0.6 is 15.9 Å². The summed E-state index contributed by atoms with van der Waals surface area (Å²) in [5, 5.41) is 12.6. The van der Waals surface area contributed by atoms with Gasteiger partial charge in [-0.3, -0.25) is 0 Å². The number of nitrogens with two attached hydrogens (primary N) is 1. The maximum Gasteiger partial charge on any atom is 0.265 e. The number of nitriles is 1. The van der Waals surface area contributed by atoms with Crippen LogP contribution in [0.1, 0.15) is 17.6 Å². The number of hydrogen-bond donors (Lipinski definition) is 1. The number of alkyl halides is 2. The van der Waals surface area contributed by atoms with Gasteiger partial charge in [0.05, 0.1) is 5.56 Å². The van der Waals surface area contributed by atoms with Crippen LogP contribution in [-0.2, 0) is 10.0 Å². The molecule has 0 spiro atoms. The number of sulfonamides is 1. The minimum Gasteiger partial charge on any atom is -0.226 e. The predicted octanol–water partition coefficient (Wildman–Crippen LogP) is 1.30. The Morgan fingerprint density at radius 1 is 1.56 bits per heavy atom. The van der Waals surface area contributed by atoms with Crippen molar-refractivity contribution >= 4 is 26.0 Å². The molecule has 0 saturated heterocycles. The molecule has 0 radical (unpaired) electrons. The van der Waals surface area contributed by atoms with Crippen LogP contribution in [-0.4, -0.2) is 13.4 Å². The smallest absolute Gasteiger partial charge is 0.226 e. The van der Waals surface area contributed by atoms with Crippen LogP contribution in [0, 0.1) is 11.3 Å². The van der Waals surface area contributed by atoms with Crippen molar-refractivity contribution < 1.29 is 17.2 Å². The van der Waals surface area contributed by atoms with Gasteiger partial charge in [0.2, 0.25) is 0 Å². The molecule has 0 unspecified atom stereocenters. The summed E-state index contributed by atoms with van der Waals surface area (Å²) in [6.07, 6.45) is -2.99. The lowest BCUT2D eigenvalue weighted by molar-refractivity contribution is 0.150. The Morgan fingerprint density at radius 2 is 2.12 bits per heavy atom. The van der Waals surface area contributed by atoms with E-state index in [1.54, 1.807) is 0 Å². The first kappa shape index (κ1) is 13.0. The summed E-state index contributed by atoms with van der Waals surface area (Å²) in [5.74, 6) is 0. The molecule has 0 aliphatic heterocycles. The summed E-state index contributed by atoms with van der Waals surface area (Å²) < 4.78 is 46.6. The standard InChI is InChI=1S/C7H4BrF2N3O2S/c8-6-4(2-11)3(7(9)10)1-5(13-6)16(12,14)15/h1,7H,(H2,12,14,15). The molecule has 0 bridgehead atoms. The average molecular weight is 312 g/mol. The van der Waals surface area contributed by atoms with Gasteiger partial charge in [0, 0.05) is 5.56 Å². The van der Waals surface area contributed by atoms with E-state index in [1.165, 1.54) is 6.07 Å². The molecule has 1 aromatic rings. The zero-order valence-electron chi connectivity index (χ0n) is 7.49. The van der Waals surface area contributed by atoms with Gasteiger partial charge in [-0.15, -0.1) is 0 Å². The minimum atomic E-state index is -4.19. The van der Waals surface area contributed by atoms with Gasteiger partial charge in [-0.1, -0.05) is 0 Å². The molecule has 86 valence electrons. The molecule has 0 fully saturated rings. The van der Waals surface area contributed by atoms with Crippen molar-refractivity contribution in [2.45, 2.75) is 11.5 Å². The molecule has 16 heavy (non-hydrogen) atoms. The molecular formula is C7H4BrF2N3O2S. The van der Waals surface area contributed by atoms with Gasteiger partial charge in [0.1, 0.15) is 10.7 Å². The molecule has 1 aromatic heterocycles. The molecule has 9 heteroatoms. The highest BCUT2D eigenvalue weighted by atomic mass is 79.9. The zero-order valence-corrected chi connectivity index (χ0v) is 9.89. The molecule has 1 heterocycles. The highest BCUT2D eigenvalue weighted by Gasteiger charge is 2.21. The van der Waals surface area contributed by atoms with E-state index in [4.69, 9.17) is 10.4 Å². The summed E-state index contributed by atoms with van der Waals surface area (Å²) in [6, 6.07) is 2.09. The molecule has 0 amide bonds. The fourth-order valence-electron chi connectivity index (χ4n) is 0.938. The molecule has 2 N–H and O–H groups in total. The number of nitrogens with zero attached hydrogens (tertiary/aromatic N) is 2. The molecule has 0 atom stereocenters. The van der Waals surface area contributed by atoms with Crippen molar-refractivity contribution in [2.75, 3.05) is 0 Å². The number of aromatic nitrogens is 1. The van der Waals surface area contributed by atoms with Gasteiger partial charge in [-0.05, 0) is 22.0 Å². The minimum absolute atomic E-state index is 0.281. The Balaban J connectivity index is 3.61. The SMILES string of the molecule is N#Cc1c(C(F)F)cc(S(N)(=O)=O)nc1Br. The van der Waals surface area contributed by atoms with Crippen molar-refractivity contribution in [3.8, 4) is 6.07 Å². The van der Waals surface area contributed by atoms with E-state index in [1.807, 2.05) is 0 Å². The highest BCUT2D eigenvalue weighted by molar-refractivity contribution is 9.10. The van der Waals surface area contributed by atoms with Crippen LogP contribution in [0.3, 0.4) is 0 Å². The molecular weight excluding hydrogens is 308 g/mol. The lowest BCUT2D eigenvalue weighted by Crippen LogP contribution is -2.15. The van der Waals surface area contributed by atoms with Gasteiger partial charge in [0.25, 0.3) is 16.4 Å². The Bertz CT molecular complexity index is 568. The van der Waals surface area contributed by atoms with Crippen molar-refractivity contribution in [3.05, 3.63) is 21.8 Å². The first-order chi connectivity index (χ1) is 7.27. The molecule has 1 rings (SSSR count). The monoisotopic (exact) mass is 311 g/mol. The Hall–Kier alpha value is -1.11. The number of hydrogen-bond acceptors (Lipinski definition) is 4. The summed E-state index contributed by atoms with van der Waals surface area (Å²) >= 11 is 2.73. The largest absolute Gasteiger partial charge is 0.265 e. The topological polar surface area (TPSA) is 96.8 Å². The molecule has 5 nitrogen and oxygen atoms in total. The van der Waals surface area contributed by atoms with Crippen molar-refractivity contribution in [3.63, 3.8) is 0 Å². The number of halogens is 3. The van der Waals surface area contributed by atoms with Crippen molar-refractivity contribution in [2.24, 2.45) is 5.14 Å². The average Bonchev–Trinajstić information content (AvgIpc) is 2.14. The second kappa shape index (κ2) is 4.40. The third kappa shape index (κ3) is 2.52. The number of pyridine rings is 1. The third-order valence-corrected chi connectivity index (χ3v) is 2.99. The summed E-state index contributed by atoms with van der Waals surface area (Å²) in [7, 11) is -4.19. The summed E-state index contributed by atoms with van der Waals surface area (Å²) in [5.41, 5.74) is -1.14. The first-order valence-corrected chi connectivity index (χ1v) is 6.02. The van der Waals surface area contributed by atoms with Gasteiger partial charge < -0.3 is 0 Å². The second-order valence-corrected chi connectivity index (χ2v) is 4.93. The molecule has 0 saturated carbocycles. The van der Waals surface area contributed by atoms with Crippen LogP contribution in [0.25, 0.3) is 0 Å². The van der Waals surface area contributed by atoms with Gasteiger partial charge in [-0.2, -0.15) is 5.26 Å². The van der Waals surface area contributed by atoms with E-state index in [9.17, 15) is 17.2 Å². The van der Waals surface area contributed by atoms with Crippen molar-refractivity contribution in [1.82, 2.24) is 4.98 Å². The number of rotatable bonds is 2. The van der Waals surface area contributed by atoms with Crippen molar-refractivity contribution in [1.29, 1.82) is 5.26 Å². The Labute approximate surface area is 98.1 Å². The second-order valence-electron chi connectivity index (χ2n) is 2.67. The van der Waals surface area contributed by atoms with Crippen LogP contribution < -0.4 is 5.14 Å². The first-order valence-electron chi connectivity index (χ1n) is 3.69. The van der Waals surface area contributed by atoms with E-state index >= 15 is 0 Å². The van der Waals surface area contributed by atoms with E-state index in [0.29, 0.717) is 6.07 Å². The maximum atomic E-state index is 12.5. The van der Waals surface area contributed by atoms with E-state index in [-0.39, 0.29) is 4.60 Å². The Kier molecular flexibility index (Phi) is 3.57. The summed E-state index contributed by atoms with van der Waals surface area (Å²) in [6.45, 7) is 0. The van der Waals surface area contributed by atoms with E-state index in [2.05, 4.69) is 20.9 Å². The maximum absolute atomic E-state index is 12.5. The third-order valence-electron chi connectivity index (χ3n) is 1.62. The van der Waals surface area contributed by atoms with E-state index < -0.39 is 32.6 Å². The van der Waals surface area contributed by atoms with Gasteiger partial charge in [-0.25, -0.2) is 27.3 Å². The van der Waals surface area contributed by atoms with Gasteiger partial charge in [0.15, 0.2) is 5.03 Å². The highest BCUT2D eigenvalue weighted by Crippen LogP contribution is 2.28. The molecule has 0 aliphatic rings. The summed E-state index contributed by atoms with van der Waals surface area (Å²) in [4.78, 5) is 3.41. The van der Waals surface area contributed by atoms with Crippen LogP contribution in [0.4, 0.5) is 8.78 Å². The molecule has 0 aliphatic carbocycles. The van der Waals surface area contributed by atoms with Gasteiger partial charge >= 0.3 is 0 Å². The molecule has 0 aromatic carbocycles.